The van der Waals surface area contributed by atoms with Gasteiger partial charge in [0.05, 0.1) is 23.3 Å². The molecule has 1 aliphatic heterocycles. The average molecular weight is 451 g/mol. The normalized spacial score (nSPS) is 16.5. The van der Waals surface area contributed by atoms with Gasteiger partial charge < -0.3 is 5.32 Å². The molecule has 1 N–H and O–H groups in total. The van der Waals surface area contributed by atoms with Gasteiger partial charge in [0.1, 0.15) is 5.39 Å². The predicted octanol–water partition coefficient (Wildman–Crippen LogP) is 4.04. The molecule has 0 spiro atoms. The van der Waals surface area contributed by atoms with E-state index in [4.69, 9.17) is 0 Å². The molecule has 0 saturated carbocycles. The molecule has 1 aliphatic rings. The van der Waals surface area contributed by atoms with Crippen molar-refractivity contribution in [1.82, 2.24) is 19.3 Å². The van der Waals surface area contributed by atoms with Crippen LogP contribution in [0.4, 0.5) is 18.9 Å². The topological polar surface area (TPSA) is 81.8 Å². The summed E-state index contributed by atoms with van der Waals surface area (Å²) in [6, 6.07) is 3.83. The number of amides is 1. The quantitative estimate of drug-likeness (QED) is 0.608. The number of carbonyl (C=O) groups is 1. The van der Waals surface area contributed by atoms with Crippen molar-refractivity contribution in [3.05, 3.63) is 46.4 Å². The molecule has 164 valence electrons. The van der Waals surface area contributed by atoms with Crippen LogP contribution in [-0.4, -0.2) is 31.0 Å². The molecule has 3 heterocycles. The fourth-order valence-corrected chi connectivity index (χ4v) is 4.57. The van der Waals surface area contributed by atoms with Gasteiger partial charge in [0.15, 0.2) is 10.8 Å². The van der Waals surface area contributed by atoms with Crippen LogP contribution in [-0.2, 0) is 16.5 Å². The summed E-state index contributed by atoms with van der Waals surface area (Å²) in [6.45, 7) is 5.90. The standard InChI is InChI=1S/C20H20F3N5O2S/c1-19(2,3)28-16-14(9-24-28)17(30)27-13(10-31-18(27)26-16)8-15(29)25-12-6-4-11(5-7-12)20(21,22)23/h4-7,9,13H,8,10H2,1-3H3,(H,25,29). The smallest absolute Gasteiger partial charge is 0.326 e. The number of thioether (sulfide) groups is 1. The van der Waals surface area contributed by atoms with Crippen LogP contribution >= 0.6 is 11.8 Å². The lowest BCUT2D eigenvalue weighted by Gasteiger charge is -2.20. The third-order valence-corrected chi connectivity index (χ3v) is 6.02. The summed E-state index contributed by atoms with van der Waals surface area (Å²) in [5.74, 6) is 0.105. The lowest BCUT2D eigenvalue weighted by molar-refractivity contribution is -0.137. The lowest BCUT2D eigenvalue weighted by Crippen LogP contribution is -2.29. The molecular weight excluding hydrogens is 431 g/mol. The molecule has 1 aromatic carbocycles. The van der Waals surface area contributed by atoms with Gasteiger partial charge in [0, 0.05) is 17.9 Å². The molecule has 1 amide bonds. The largest absolute Gasteiger partial charge is 0.416 e. The van der Waals surface area contributed by atoms with Crippen molar-refractivity contribution in [2.75, 3.05) is 11.1 Å². The average Bonchev–Trinajstić information content (AvgIpc) is 3.26. The molecule has 2 aromatic heterocycles. The Morgan fingerprint density at radius 1 is 1.23 bits per heavy atom. The van der Waals surface area contributed by atoms with E-state index >= 15 is 0 Å². The highest BCUT2D eigenvalue weighted by Gasteiger charge is 2.32. The number of halogens is 3. The van der Waals surface area contributed by atoms with E-state index in [0.29, 0.717) is 21.9 Å². The van der Waals surface area contributed by atoms with E-state index < -0.39 is 23.7 Å². The summed E-state index contributed by atoms with van der Waals surface area (Å²) >= 11 is 1.39. The molecule has 3 aromatic rings. The number of nitrogens with zero attached hydrogens (tertiary/aromatic N) is 4. The van der Waals surface area contributed by atoms with Crippen LogP contribution in [0, 0.1) is 0 Å². The van der Waals surface area contributed by atoms with Gasteiger partial charge >= 0.3 is 6.18 Å². The second-order valence-electron chi connectivity index (χ2n) is 8.33. The summed E-state index contributed by atoms with van der Waals surface area (Å²) in [7, 11) is 0. The zero-order chi connectivity index (χ0) is 22.6. The van der Waals surface area contributed by atoms with Crippen LogP contribution in [0.1, 0.15) is 38.8 Å². The molecule has 31 heavy (non-hydrogen) atoms. The Hall–Kier alpha value is -2.82. The Labute approximate surface area is 179 Å². The Morgan fingerprint density at radius 3 is 2.52 bits per heavy atom. The predicted molar refractivity (Wildman–Crippen MR) is 111 cm³/mol. The molecule has 1 atom stereocenters. The maximum atomic E-state index is 13.1. The van der Waals surface area contributed by atoms with Gasteiger partial charge in [-0.1, -0.05) is 11.8 Å². The molecule has 4 rings (SSSR count). The number of fused-ring (bicyclic) bond motifs is 2. The molecule has 0 saturated heterocycles. The summed E-state index contributed by atoms with van der Waals surface area (Å²) in [5.41, 5.74) is -0.621. The van der Waals surface area contributed by atoms with Gasteiger partial charge in [0.2, 0.25) is 5.91 Å². The van der Waals surface area contributed by atoms with E-state index in [0.717, 1.165) is 12.1 Å². The Morgan fingerprint density at radius 2 is 1.90 bits per heavy atom. The van der Waals surface area contributed by atoms with Crippen LogP contribution in [0.25, 0.3) is 11.0 Å². The number of aromatic nitrogens is 4. The highest BCUT2D eigenvalue weighted by molar-refractivity contribution is 7.99. The van der Waals surface area contributed by atoms with Crippen molar-refractivity contribution < 1.29 is 18.0 Å². The van der Waals surface area contributed by atoms with Gasteiger partial charge in [0.25, 0.3) is 5.56 Å². The van der Waals surface area contributed by atoms with Gasteiger partial charge in [-0.25, -0.2) is 9.67 Å². The molecule has 0 fully saturated rings. The third-order valence-electron chi connectivity index (χ3n) is 4.92. The summed E-state index contributed by atoms with van der Waals surface area (Å²) in [6.07, 6.45) is -2.94. The maximum absolute atomic E-state index is 13.1. The van der Waals surface area contributed by atoms with Crippen LogP contribution < -0.4 is 10.9 Å². The van der Waals surface area contributed by atoms with E-state index in [2.05, 4.69) is 15.4 Å². The van der Waals surface area contributed by atoms with E-state index in [1.54, 1.807) is 4.68 Å². The zero-order valence-corrected chi connectivity index (χ0v) is 17.8. The molecule has 7 nitrogen and oxygen atoms in total. The van der Waals surface area contributed by atoms with Crippen LogP contribution in [0.2, 0.25) is 0 Å². The zero-order valence-electron chi connectivity index (χ0n) is 17.0. The molecule has 1 unspecified atom stereocenters. The fourth-order valence-electron chi connectivity index (χ4n) is 3.44. The number of hydrogen-bond donors (Lipinski definition) is 1. The third kappa shape index (κ3) is 4.06. The second kappa shape index (κ2) is 7.40. The molecule has 11 heteroatoms. The van der Waals surface area contributed by atoms with E-state index in [9.17, 15) is 22.8 Å². The number of alkyl halides is 3. The number of benzene rings is 1. The first-order valence-electron chi connectivity index (χ1n) is 9.56. The summed E-state index contributed by atoms with van der Waals surface area (Å²) in [4.78, 5) is 30.1. The highest BCUT2D eigenvalue weighted by atomic mass is 32.2. The first-order chi connectivity index (χ1) is 14.4. The Bertz CT molecular complexity index is 1210. The van der Waals surface area contributed by atoms with Crippen molar-refractivity contribution in [2.24, 2.45) is 0 Å². The minimum Gasteiger partial charge on any atom is -0.326 e. The number of nitrogens with one attached hydrogen (secondary N) is 1. The van der Waals surface area contributed by atoms with E-state index in [-0.39, 0.29) is 23.2 Å². The second-order valence-corrected chi connectivity index (χ2v) is 9.31. The van der Waals surface area contributed by atoms with Gasteiger partial charge in [-0.2, -0.15) is 18.3 Å². The number of hydrogen-bond acceptors (Lipinski definition) is 5. The van der Waals surface area contributed by atoms with Crippen LogP contribution in [0.3, 0.4) is 0 Å². The molecule has 0 aliphatic carbocycles. The van der Waals surface area contributed by atoms with E-state index in [1.807, 2.05) is 20.8 Å². The van der Waals surface area contributed by atoms with Crippen molar-refractivity contribution >= 4 is 34.4 Å². The Kier molecular flexibility index (Phi) is 5.11. The van der Waals surface area contributed by atoms with Crippen LogP contribution in [0.5, 0.6) is 0 Å². The minimum absolute atomic E-state index is 0.00151. The summed E-state index contributed by atoms with van der Waals surface area (Å²) in [5, 5.41) is 7.81. The SMILES string of the molecule is CC(C)(C)n1ncc2c(=O)n3c(nc21)SCC3CC(=O)Nc1ccc(C(F)(F)F)cc1. The van der Waals surface area contributed by atoms with Crippen molar-refractivity contribution in [1.29, 1.82) is 0 Å². The van der Waals surface area contributed by atoms with Gasteiger partial charge in [-0.3, -0.25) is 14.2 Å². The highest BCUT2D eigenvalue weighted by Crippen LogP contribution is 2.34. The number of carbonyl (C=O) groups excluding carboxylic acids is 1. The van der Waals surface area contributed by atoms with Crippen LogP contribution in [0.15, 0.2) is 40.4 Å². The van der Waals surface area contributed by atoms with Gasteiger partial charge in [-0.15, -0.1) is 0 Å². The first-order valence-corrected chi connectivity index (χ1v) is 10.5. The molecule has 0 bridgehead atoms. The molecule has 0 radical (unpaired) electrons. The lowest BCUT2D eigenvalue weighted by atomic mass is 10.1. The van der Waals surface area contributed by atoms with Crippen molar-refractivity contribution in [3.8, 4) is 0 Å². The van der Waals surface area contributed by atoms with Crippen molar-refractivity contribution in [3.63, 3.8) is 0 Å². The molecular formula is C20H20F3N5O2S. The van der Waals surface area contributed by atoms with Crippen molar-refractivity contribution in [2.45, 2.75) is 50.1 Å². The monoisotopic (exact) mass is 451 g/mol. The first kappa shape index (κ1) is 21.4. The van der Waals surface area contributed by atoms with Gasteiger partial charge in [-0.05, 0) is 45.0 Å². The number of rotatable bonds is 3. The maximum Gasteiger partial charge on any atom is 0.416 e. The minimum atomic E-state index is -4.44. The fraction of sp³-hybridized carbons (Fsp3) is 0.400. The summed E-state index contributed by atoms with van der Waals surface area (Å²) < 4.78 is 41.2. The van der Waals surface area contributed by atoms with E-state index in [1.165, 1.54) is 34.7 Å². The Balaban J connectivity index is 1.54. The number of anilines is 1.